The fourth-order valence-electron chi connectivity index (χ4n) is 1.33. The lowest BCUT2D eigenvalue weighted by molar-refractivity contribution is 0.0925. The molecule has 0 aliphatic carbocycles. The highest BCUT2D eigenvalue weighted by Gasteiger charge is 2.02. The molecule has 0 rings (SSSR count). The summed E-state index contributed by atoms with van der Waals surface area (Å²) in [7, 11) is 0. The molecule has 0 bridgehead atoms. The molecule has 0 saturated carbocycles. The monoisotopic (exact) mass is 189 g/mol. The highest BCUT2D eigenvalue weighted by molar-refractivity contribution is 4.61. The van der Waals surface area contributed by atoms with E-state index >= 15 is 0 Å². The zero-order valence-electron chi connectivity index (χ0n) is 9.05. The first kappa shape index (κ1) is 12.9. The molecule has 0 spiro atoms. The van der Waals surface area contributed by atoms with Crippen LogP contribution in [0.4, 0.5) is 0 Å². The van der Waals surface area contributed by atoms with Crippen LogP contribution in [0, 0.1) is 5.92 Å². The molecule has 3 heteroatoms. The molecular weight excluding hydrogens is 166 g/mol. The number of aliphatic hydroxyl groups is 1. The van der Waals surface area contributed by atoms with Crippen molar-refractivity contribution in [3.63, 3.8) is 0 Å². The van der Waals surface area contributed by atoms with Crippen LogP contribution >= 0.6 is 0 Å². The second-order valence-electron chi connectivity index (χ2n) is 3.82. The van der Waals surface area contributed by atoms with Crippen LogP contribution < -0.4 is 5.32 Å². The number of nitrogens with one attached hydrogen (secondary N) is 1. The van der Waals surface area contributed by atoms with Gasteiger partial charge in [-0.3, -0.25) is 0 Å². The van der Waals surface area contributed by atoms with Gasteiger partial charge in [0.1, 0.15) is 0 Å². The van der Waals surface area contributed by atoms with E-state index in [0.717, 1.165) is 12.5 Å². The summed E-state index contributed by atoms with van der Waals surface area (Å²) < 4.78 is 5.13. The molecule has 13 heavy (non-hydrogen) atoms. The molecule has 0 amide bonds. The van der Waals surface area contributed by atoms with Crippen LogP contribution in [0.5, 0.6) is 0 Å². The van der Waals surface area contributed by atoms with Crippen molar-refractivity contribution in [3.05, 3.63) is 0 Å². The quantitative estimate of drug-likeness (QED) is 0.560. The molecule has 0 aromatic heterocycles. The third-order valence-electron chi connectivity index (χ3n) is 1.80. The lowest BCUT2D eigenvalue weighted by atomic mass is 10.1. The number of hydrogen-bond donors (Lipinski definition) is 2. The van der Waals surface area contributed by atoms with E-state index < -0.39 is 0 Å². The van der Waals surface area contributed by atoms with Crippen molar-refractivity contribution in [2.75, 3.05) is 26.4 Å². The van der Waals surface area contributed by atoms with Crippen molar-refractivity contribution < 1.29 is 9.84 Å². The van der Waals surface area contributed by atoms with Gasteiger partial charge in [0.2, 0.25) is 0 Å². The SMILES string of the molecule is CC(C)C[C@H](C)NCCOCCO. The Kier molecular flexibility index (Phi) is 8.40. The van der Waals surface area contributed by atoms with Gasteiger partial charge in [-0.2, -0.15) is 0 Å². The number of aliphatic hydroxyl groups excluding tert-OH is 1. The molecule has 0 aromatic carbocycles. The molecule has 80 valence electrons. The Morgan fingerprint density at radius 2 is 1.92 bits per heavy atom. The average molecular weight is 189 g/mol. The maximum Gasteiger partial charge on any atom is 0.0698 e. The lowest BCUT2D eigenvalue weighted by Gasteiger charge is -2.15. The fourth-order valence-corrected chi connectivity index (χ4v) is 1.33. The molecule has 0 saturated heterocycles. The van der Waals surface area contributed by atoms with E-state index in [9.17, 15) is 0 Å². The zero-order valence-corrected chi connectivity index (χ0v) is 9.05. The Hall–Kier alpha value is -0.120. The van der Waals surface area contributed by atoms with Gasteiger partial charge >= 0.3 is 0 Å². The van der Waals surface area contributed by atoms with Gasteiger partial charge in [-0.1, -0.05) is 13.8 Å². The first-order chi connectivity index (χ1) is 6.16. The van der Waals surface area contributed by atoms with E-state index in [1.807, 2.05) is 0 Å². The van der Waals surface area contributed by atoms with Gasteiger partial charge in [-0.15, -0.1) is 0 Å². The average Bonchev–Trinajstić information content (AvgIpc) is 2.02. The van der Waals surface area contributed by atoms with Crippen molar-refractivity contribution in [3.8, 4) is 0 Å². The maximum absolute atomic E-state index is 8.45. The van der Waals surface area contributed by atoms with Gasteiger partial charge in [0.05, 0.1) is 19.8 Å². The second-order valence-corrected chi connectivity index (χ2v) is 3.82. The molecule has 2 N–H and O–H groups in total. The molecule has 0 fully saturated rings. The third kappa shape index (κ3) is 9.80. The standard InChI is InChI=1S/C10H23NO2/c1-9(2)8-10(3)11-4-6-13-7-5-12/h9-12H,4-8H2,1-3H3/t10-/m0/s1. The molecule has 0 aromatic rings. The van der Waals surface area contributed by atoms with Gasteiger partial charge < -0.3 is 15.2 Å². The van der Waals surface area contributed by atoms with Gasteiger partial charge in [0.25, 0.3) is 0 Å². The molecule has 3 nitrogen and oxygen atoms in total. The molecule has 0 heterocycles. The minimum Gasteiger partial charge on any atom is -0.394 e. The van der Waals surface area contributed by atoms with Gasteiger partial charge in [-0.25, -0.2) is 0 Å². The van der Waals surface area contributed by atoms with Crippen LogP contribution in [0.25, 0.3) is 0 Å². The number of rotatable bonds is 8. The maximum atomic E-state index is 8.45. The van der Waals surface area contributed by atoms with E-state index in [2.05, 4.69) is 26.1 Å². The largest absolute Gasteiger partial charge is 0.394 e. The van der Waals surface area contributed by atoms with E-state index in [1.165, 1.54) is 6.42 Å². The Labute approximate surface area is 81.5 Å². The normalized spacial score (nSPS) is 13.6. The fraction of sp³-hybridized carbons (Fsp3) is 1.00. The summed E-state index contributed by atoms with van der Waals surface area (Å²) in [6, 6.07) is 0.553. The van der Waals surface area contributed by atoms with E-state index in [1.54, 1.807) is 0 Å². The number of ether oxygens (including phenoxy) is 1. The number of hydrogen-bond acceptors (Lipinski definition) is 3. The van der Waals surface area contributed by atoms with E-state index in [-0.39, 0.29) is 6.61 Å². The second kappa shape index (κ2) is 8.48. The molecule has 0 aliphatic heterocycles. The van der Waals surface area contributed by atoms with Crippen LogP contribution in [-0.2, 0) is 4.74 Å². The molecule has 0 radical (unpaired) electrons. The highest BCUT2D eigenvalue weighted by atomic mass is 16.5. The summed E-state index contributed by atoms with van der Waals surface area (Å²) in [5.74, 6) is 0.737. The van der Waals surface area contributed by atoms with Crippen LogP contribution in [0.15, 0.2) is 0 Å². The smallest absolute Gasteiger partial charge is 0.0698 e. The first-order valence-electron chi connectivity index (χ1n) is 5.08. The lowest BCUT2D eigenvalue weighted by Crippen LogP contribution is -2.30. The summed E-state index contributed by atoms with van der Waals surface area (Å²) in [5.41, 5.74) is 0. The van der Waals surface area contributed by atoms with E-state index in [0.29, 0.717) is 19.3 Å². The summed E-state index contributed by atoms with van der Waals surface area (Å²) >= 11 is 0. The van der Waals surface area contributed by atoms with Gasteiger partial charge in [-0.05, 0) is 19.3 Å². The van der Waals surface area contributed by atoms with Crippen LogP contribution in [0.2, 0.25) is 0 Å². The molecular formula is C10H23NO2. The topological polar surface area (TPSA) is 41.5 Å². The Balaban J connectivity index is 3.12. The van der Waals surface area contributed by atoms with Crippen molar-refractivity contribution in [1.82, 2.24) is 5.32 Å². The predicted molar refractivity (Wildman–Crippen MR) is 54.8 cm³/mol. The Morgan fingerprint density at radius 1 is 1.23 bits per heavy atom. The van der Waals surface area contributed by atoms with Crippen molar-refractivity contribution in [2.45, 2.75) is 33.2 Å². The summed E-state index contributed by atoms with van der Waals surface area (Å²) in [6.45, 7) is 8.74. The summed E-state index contributed by atoms with van der Waals surface area (Å²) in [4.78, 5) is 0. The van der Waals surface area contributed by atoms with Crippen molar-refractivity contribution in [2.24, 2.45) is 5.92 Å². The van der Waals surface area contributed by atoms with Crippen LogP contribution in [-0.4, -0.2) is 37.5 Å². The Morgan fingerprint density at radius 3 is 2.46 bits per heavy atom. The van der Waals surface area contributed by atoms with E-state index in [4.69, 9.17) is 9.84 Å². The summed E-state index contributed by atoms with van der Waals surface area (Å²) in [6.07, 6.45) is 1.19. The minimum atomic E-state index is 0.113. The third-order valence-corrected chi connectivity index (χ3v) is 1.80. The predicted octanol–water partition coefficient (Wildman–Crippen LogP) is 1.02. The molecule has 0 unspecified atom stereocenters. The summed E-state index contributed by atoms with van der Waals surface area (Å²) in [5, 5.41) is 11.8. The molecule has 0 aliphatic rings. The zero-order chi connectivity index (χ0) is 10.1. The van der Waals surface area contributed by atoms with Crippen molar-refractivity contribution >= 4 is 0 Å². The first-order valence-corrected chi connectivity index (χ1v) is 5.08. The highest BCUT2D eigenvalue weighted by Crippen LogP contribution is 2.02. The molecule has 1 atom stereocenters. The minimum absolute atomic E-state index is 0.113. The van der Waals surface area contributed by atoms with Crippen molar-refractivity contribution in [1.29, 1.82) is 0 Å². The van der Waals surface area contributed by atoms with Crippen LogP contribution in [0.3, 0.4) is 0 Å². The Bertz CT molecular complexity index is 107. The van der Waals surface area contributed by atoms with Gasteiger partial charge in [0.15, 0.2) is 0 Å². The van der Waals surface area contributed by atoms with Gasteiger partial charge in [0, 0.05) is 12.6 Å². The van der Waals surface area contributed by atoms with Crippen LogP contribution in [0.1, 0.15) is 27.2 Å².